The van der Waals surface area contributed by atoms with Crippen LogP contribution in [-0.2, 0) is 7.05 Å². The van der Waals surface area contributed by atoms with E-state index < -0.39 is 0 Å². The normalized spacial score (nSPS) is 10.9. The minimum atomic E-state index is 0.580. The maximum Gasteiger partial charge on any atom is 0.0978 e. The van der Waals surface area contributed by atoms with E-state index in [0.29, 0.717) is 15.1 Å². The van der Waals surface area contributed by atoms with Gasteiger partial charge >= 0.3 is 0 Å². The van der Waals surface area contributed by atoms with Crippen molar-refractivity contribution in [2.75, 3.05) is 0 Å². The molecule has 1 aromatic heterocycles. The number of imidazole rings is 1. The van der Waals surface area contributed by atoms with Crippen molar-refractivity contribution in [3.05, 3.63) is 63.9 Å². The Hall–Kier alpha value is -1.48. The molecular formula is C16H11Cl3N2. The predicted molar refractivity (Wildman–Crippen MR) is 89.1 cm³/mol. The summed E-state index contributed by atoms with van der Waals surface area (Å²) in [6.45, 7) is 0. The second-order valence-corrected chi connectivity index (χ2v) is 5.96. The fraction of sp³-hybridized carbons (Fsp3) is 0.0625. The molecule has 0 saturated carbocycles. The molecule has 0 unspecified atom stereocenters. The van der Waals surface area contributed by atoms with Crippen molar-refractivity contribution >= 4 is 34.8 Å². The molecule has 0 aliphatic heterocycles. The Kier molecular flexibility index (Phi) is 3.94. The molecule has 5 heteroatoms. The van der Waals surface area contributed by atoms with Gasteiger partial charge in [0.15, 0.2) is 0 Å². The molecule has 0 amide bonds. The average molecular weight is 338 g/mol. The Morgan fingerprint density at radius 1 is 0.905 bits per heavy atom. The van der Waals surface area contributed by atoms with Crippen LogP contribution in [-0.4, -0.2) is 9.55 Å². The summed E-state index contributed by atoms with van der Waals surface area (Å²) in [7, 11) is 1.95. The van der Waals surface area contributed by atoms with Crippen molar-refractivity contribution in [2.45, 2.75) is 0 Å². The number of hydrogen-bond donors (Lipinski definition) is 0. The fourth-order valence-corrected chi connectivity index (χ4v) is 2.88. The highest BCUT2D eigenvalue weighted by Gasteiger charge is 2.15. The van der Waals surface area contributed by atoms with Crippen molar-refractivity contribution in [3.8, 4) is 22.5 Å². The van der Waals surface area contributed by atoms with Crippen LogP contribution in [0.3, 0.4) is 0 Å². The highest BCUT2D eigenvalue weighted by atomic mass is 35.5. The molecule has 106 valence electrons. The number of aromatic nitrogens is 2. The van der Waals surface area contributed by atoms with E-state index in [1.165, 1.54) is 0 Å². The molecular weight excluding hydrogens is 327 g/mol. The Morgan fingerprint density at radius 2 is 1.57 bits per heavy atom. The van der Waals surface area contributed by atoms with Crippen LogP contribution in [0.4, 0.5) is 0 Å². The van der Waals surface area contributed by atoms with Gasteiger partial charge in [-0.1, -0.05) is 46.9 Å². The highest BCUT2D eigenvalue weighted by molar-refractivity contribution is 6.36. The summed E-state index contributed by atoms with van der Waals surface area (Å²) in [5.41, 5.74) is 3.68. The van der Waals surface area contributed by atoms with Gasteiger partial charge in [-0.25, -0.2) is 4.98 Å². The van der Waals surface area contributed by atoms with Gasteiger partial charge in [0.25, 0.3) is 0 Å². The lowest BCUT2D eigenvalue weighted by Crippen LogP contribution is -1.92. The second-order valence-electron chi connectivity index (χ2n) is 4.68. The molecule has 0 aliphatic carbocycles. The number of rotatable bonds is 2. The van der Waals surface area contributed by atoms with E-state index in [1.54, 1.807) is 12.4 Å². The topological polar surface area (TPSA) is 17.8 Å². The van der Waals surface area contributed by atoms with Crippen LogP contribution in [0.5, 0.6) is 0 Å². The van der Waals surface area contributed by atoms with Crippen molar-refractivity contribution in [1.82, 2.24) is 9.55 Å². The van der Waals surface area contributed by atoms with E-state index in [-0.39, 0.29) is 0 Å². The summed E-state index contributed by atoms with van der Waals surface area (Å²) in [6, 6.07) is 13.1. The largest absolute Gasteiger partial charge is 0.333 e. The molecule has 0 saturated heterocycles. The van der Waals surface area contributed by atoms with Crippen LogP contribution in [0.2, 0.25) is 15.1 Å². The summed E-state index contributed by atoms with van der Waals surface area (Å²) >= 11 is 18.2. The molecule has 0 radical (unpaired) electrons. The first-order valence-electron chi connectivity index (χ1n) is 6.29. The number of hydrogen-bond acceptors (Lipinski definition) is 1. The van der Waals surface area contributed by atoms with Gasteiger partial charge in [-0.05, 0) is 30.3 Å². The molecule has 2 aromatic carbocycles. The van der Waals surface area contributed by atoms with Crippen LogP contribution in [0.25, 0.3) is 22.5 Å². The van der Waals surface area contributed by atoms with Crippen molar-refractivity contribution in [2.24, 2.45) is 7.05 Å². The molecule has 3 aromatic rings. The van der Waals surface area contributed by atoms with Crippen LogP contribution in [0.15, 0.2) is 48.8 Å². The van der Waals surface area contributed by atoms with E-state index >= 15 is 0 Å². The molecule has 3 rings (SSSR count). The number of halogens is 3. The molecule has 0 aliphatic rings. The maximum atomic E-state index is 6.30. The van der Waals surface area contributed by atoms with Crippen LogP contribution < -0.4 is 0 Å². The zero-order valence-electron chi connectivity index (χ0n) is 11.1. The Bertz CT molecular complexity index is 792. The van der Waals surface area contributed by atoms with Gasteiger partial charge < -0.3 is 4.57 Å². The first kappa shape index (κ1) is 14.5. The third-order valence-electron chi connectivity index (χ3n) is 3.24. The van der Waals surface area contributed by atoms with E-state index in [0.717, 1.165) is 22.5 Å². The van der Waals surface area contributed by atoms with Crippen molar-refractivity contribution < 1.29 is 0 Å². The van der Waals surface area contributed by atoms with Gasteiger partial charge in [-0.15, -0.1) is 0 Å². The van der Waals surface area contributed by atoms with E-state index in [1.807, 2.05) is 48.0 Å². The van der Waals surface area contributed by atoms with E-state index in [2.05, 4.69) is 4.98 Å². The maximum absolute atomic E-state index is 6.30. The molecule has 21 heavy (non-hydrogen) atoms. The molecule has 0 fully saturated rings. The van der Waals surface area contributed by atoms with Gasteiger partial charge in [0.1, 0.15) is 0 Å². The van der Waals surface area contributed by atoms with E-state index in [4.69, 9.17) is 34.8 Å². The summed E-state index contributed by atoms with van der Waals surface area (Å²) in [5, 5.41) is 1.89. The standard InChI is InChI=1S/C16H11Cl3N2/c1-21-9-20-15(13-7-6-12(18)8-14(13)19)16(21)10-2-4-11(17)5-3-10/h2-9H,1H3. The van der Waals surface area contributed by atoms with Crippen molar-refractivity contribution in [1.29, 1.82) is 0 Å². The summed E-state index contributed by atoms with van der Waals surface area (Å²) in [6.07, 6.45) is 1.77. The molecule has 0 N–H and O–H groups in total. The predicted octanol–water partition coefficient (Wildman–Crippen LogP) is 5.71. The first-order chi connectivity index (χ1) is 10.1. The van der Waals surface area contributed by atoms with Gasteiger partial charge in [0.2, 0.25) is 0 Å². The number of aryl methyl sites for hydroxylation is 1. The smallest absolute Gasteiger partial charge is 0.0978 e. The lowest BCUT2D eigenvalue weighted by Gasteiger charge is -2.08. The van der Waals surface area contributed by atoms with Crippen LogP contribution in [0, 0.1) is 0 Å². The molecule has 0 bridgehead atoms. The second kappa shape index (κ2) is 5.72. The summed E-state index contributed by atoms with van der Waals surface area (Å²) in [5.74, 6) is 0. The lowest BCUT2D eigenvalue weighted by atomic mass is 10.0. The molecule has 1 heterocycles. The average Bonchev–Trinajstić information content (AvgIpc) is 2.82. The van der Waals surface area contributed by atoms with Gasteiger partial charge in [-0.2, -0.15) is 0 Å². The SMILES string of the molecule is Cn1cnc(-c2ccc(Cl)cc2Cl)c1-c1ccc(Cl)cc1. The quantitative estimate of drug-likeness (QED) is 0.585. The lowest BCUT2D eigenvalue weighted by molar-refractivity contribution is 0.921. The zero-order chi connectivity index (χ0) is 15.0. The zero-order valence-corrected chi connectivity index (χ0v) is 13.4. The highest BCUT2D eigenvalue weighted by Crippen LogP contribution is 2.36. The van der Waals surface area contributed by atoms with Crippen molar-refractivity contribution in [3.63, 3.8) is 0 Å². The van der Waals surface area contributed by atoms with E-state index in [9.17, 15) is 0 Å². The monoisotopic (exact) mass is 336 g/mol. The molecule has 2 nitrogen and oxygen atoms in total. The Morgan fingerprint density at radius 3 is 2.24 bits per heavy atom. The molecule has 0 spiro atoms. The first-order valence-corrected chi connectivity index (χ1v) is 7.42. The summed E-state index contributed by atoms with van der Waals surface area (Å²) in [4.78, 5) is 4.48. The minimum absolute atomic E-state index is 0.580. The fourth-order valence-electron chi connectivity index (χ4n) is 2.26. The third-order valence-corrected chi connectivity index (χ3v) is 4.04. The molecule has 0 atom stereocenters. The van der Waals surface area contributed by atoms with Gasteiger partial charge in [-0.3, -0.25) is 0 Å². The number of benzene rings is 2. The number of nitrogens with zero attached hydrogens (tertiary/aromatic N) is 2. The third kappa shape index (κ3) is 2.80. The summed E-state index contributed by atoms with van der Waals surface area (Å²) < 4.78 is 1.96. The minimum Gasteiger partial charge on any atom is -0.333 e. The van der Waals surface area contributed by atoms with Gasteiger partial charge in [0.05, 0.1) is 22.7 Å². The Labute approximate surface area is 137 Å². The Balaban J connectivity index is 2.19. The van der Waals surface area contributed by atoms with Gasteiger partial charge in [0, 0.05) is 28.2 Å². The van der Waals surface area contributed by atoms with Crippen LogP contribution >= 0.6 is 34.8 Å². The van der Waals surface area contributed by atoms with Crippen LogP contribution in [0.1, 0.15) is 0 Å².